The van der Waals surface area contributed by atoms with Crippen molar-refractivity contribution in [2.75, 3.05) is 6.61 Å². The molecule has 0 saturated heterocycles. The Balaban J connectivity index is 1.97. The second-order valence-electron chi connectivity index (χ2n) is 5.10. The van der Waals surface area contributed by atoms with E-state index in [2.05, 4.69) is 0 Å². The molecule has 0 aromatic heterocycles. The van der Waals surface area contributed by atoms with Crippen LogP contribution in [0.3, 0.4) is 0 Å². The summed E-state index contributed by atoms with van der Waals surface area (Å²) in [6, 6.07) is 9.65. The third kappa shape index (κ3) is 5.15. The number of rotatable bonds is 7. The fourth-order valence-electron chi connectivity index (χ4n) is 1.85. The minimum absolute atomic E-state index is 0.314. The summed E-state index contributed by atoms with van der Waals surface area (Å²) in [5.41, 5.74) is 1.94. The van der Waals surface area contributed by atoms with Gasteiger partial charge in [-0.1, -0.05) is 17.7 Å². The number of carbonyl (C=O) groups is 1. The van der Waals surface area contributed by atoms with Crippen molar-refractivity contribution in [1.82, 2.24) is 10.3 Å². The highest BCUT2D eigenvalue weighted by atomic mass is 35.5. The van der Waals surface area contributed by atoms with Gasteiger partial charge in [0.15, 0.2) is 6.61 Å². The maximum atomic E-state index is 12.1. The number of amides is 1. The average molecular weight is 400 g/mol. The molecule has 11 heteroatoms. The lowest BCUT2D eigenvalue weighted by atomic mass is 10.2. The molecule has 0 unspecified atom stereocenters. The molecule has 2 rings (SSSR count). The van der Waals surface area contributed by atoms with Crippen molar-refractivity contribution in [2.45, 2.75) is 11.8 Å². The van der Waals surface area contributed by atoms with E-state index in [9.17, 15) is 23.3 Å². The number of carbonyl (C=O) groups excluding carboxylic acids is 1. The molecule has 2 N–H and O–H groups in total. The van der Waals surface area contributed by atoms with Crippen LogP contribution in [0.15, 0.2) is 47.4 Å². The molecule has 0 aliphatic heterocycles. The number of aryl methyl sites for hydroxylation is 1. The first kappa shape index (κ1) is 19.6. The zero-order valence-corrected chi connectivity index (χ0v) is 15.0. The van der Waals surface area contributed by atoms with Gasteiger partial charge in [0.25, 0.3) is 21.6 Å². The molecule has 1 amide bonds. The van der Waals surface area contributed by atoms with Crippen molar-refractivity contribution < 1.29 is 22.9 Å². The normalized spacial score (nSPS) is 11.0. The molecule has 0 bridgehead atoms. The van der Waals surface area contributed by atoms with E-state index >= 15 is 0 Å². The molecule has 0 aliphatic rings. The van der Waals surface area contributed by atoms with Crippen molar-refractivity contribution in [2.24, 2.45) is 0 Å². The van der Waals surface area contributed by atoms with Gasteiger partial charge in [0.05, 0.1) is 9.82 Å². The molecular formula is C15H14ClN3O6S. The van der Waals surface area contributed by atoms with E-state index in [0.29, 0.717) is 16.3 Å². The first-order valence-electron chi connectivity index (χ1n) is 7.13. The summed E-state index contributed by atoms with van der Waals surface area (Å²) >= 11 is 5.72. The van der Waals surface area contributed by atoms with Gasteiger partial charge in [0.1, 0.15) is 5.75 Å². The van der Waals surface area contributed by atoms with Gasteiger partial charge in [-0.2, -0.15) is 0 Å². The van der Waals surface area contributed by atoms with Gasteiger partial charge in [-0.15, -0.1) is 4.83 Å². The van der Waals surface area contributed by atoms with Crippen molar-refractivity contribution in [3.63, 3.8) is 0 Å². The van der Waals surface area contributed by atoms with Crippen LogP contribution >= 0.6 is 11.6 Å². The Morgan fingerprint density at radius 1 is 1.23 bits per heavy atom. The summed E-state index contributed by atoms with van der Waals surface area (Å²) in [6.07, 6.45) is 0. The highest BCUT2D eigenvalue weighted by molar-refractivity contribution is 7.89. The fraction of sp³-hybridized carbons (Fsp3) is 0.133. The van der Waals surface area contributed by atoms with Crippen LogP contribution in [-0.2, 0) is 14.8 Å². The van der Waals surface area contributed by atoms with Crippen molar-refractivity contribution in [1.29, 1.82) is 0 Å². The summed E-state index contributed by atoms with van der Waals surface area (Å²) in [4.78, 5) is 23.4. The summed E-state index contributed by atoms with van der Waals surface area (Å²) < 4.78 is 29.4. The molecule has 0 heterocycles. The van der Waals surface area contributed by atoms with Gasteiger partial charge >= 0.3 is 0 Å². The Kier molecular flexibility index (Phi) is 6.14. The number of nitro benzene ring substituents is 1. The summed E-state index contributed by atoms with van der Waals surface area (Å²) in [5.74, 6) is -0.383. The Bertz CT molecular complexity index is 931. The first-order chi connectivity index (χ1) is 12.2. The van der Waals surface area contributed by atoms with Crippen LogP contribution in [0.25, 0.3) is 0 Å². The zero-order valence-electron chi connectivity index (χ0n) is 13.4. The van der Waals surface area contributed by atoms with Crippen molar-refractivity contribution >= 4 is 33.2 Å². The molecule has 2 aromatic rings. The molecule has 0 aliphatic carbocycles. The highest BCUT2D eigenvalue weighted by Gasteiger charge is 2.20. The maximum Gasteiger partial charge on any atom is 0.273 e. The van der Waals surface area contributed by atoms with Crippen LogP contribution in [-0.4, -0.2) is 25.9 Å². The Hall–Kier alpha value is -2.69. The van der Waals surface area contributed by atoms with Crippen LogP contribution in [0.4, 0.5) is 5.69 Å². The topological polar surface area (TPSA) is 128 Å². The predicted molar refractivity (Wildman–Crippen MR) is 93.2 cm³/mol. The molecule has 0 atom stereocenters. The lowest BCUT2D eigenvalue weighted by Gasteiger charge is -2.10. The quantitative estimate of drug-likeness (QED) is 0.541. The molecule has 26 heavy (non-hydrogen) atoms. The van der Waals surface area contributed by atoms with Gasteiger partial charge in [0.2, 0.25) is 0 Å². The number of nitrogens with one attached hydrogen (secondary N) is 2. The number of nitrogens with zero attached hydrogens (tertiary/aromatic N) is 1. The molecule has 2 aromatic carbocycles. The number of hydrogen-bond acceptors (Lipinski definition) is 6. The van der Waals surface area contributed by atoms with Crippen LogP contribution in [0, 0.1) is 17.0 Å². The van der Waals surface area contributed by atoms with E-state index in [1.807, 2.05) is 10.3 Å². The molecule has 138 valence electrons. The number of nitro groups is 1. The second-order valence-corrected chi connectivity index (χ2v) is 7.22. The monoisotopic (exact) mass is 399 g/mol. The average Bonchev–Trinajstić information content (AvgIpc) is 2.59. The van der Waals surface area contributed by atoms with E-state index in [-0.39, 0.29) is 10.6 Å². The minimum atomic E-state index is -4.18. The highest BCUT2D eigenvalue weighted by Crippen LogP contribution is 2.21. The van der Waals surface area contributed by atoms with E-state index in [0.717, 1.165) is 6.07 Å². The number of benzene rings is 2. The van der Waals surface area contributed by atoms with Crippen molar-refractivity contribution in [3.8, 4) is 5.75 Å². The Morgan fingerprint density at radius 3 is 2.50 bits per heavy atom. The zero-order chi connectivity index (χ0) is 19.3. The van der Waals surface area contributed by atoms with Crippen molar-refractivity contribution in [3.05, 3.63) is 63.2 Å². The van der Waals surface area contributed by atoms with Gasteiger partial charge in [0, 0.05) is 16.7 Å². The summed E-state index contributed by atoms with van der Waals surface area (Å²) in [6.45, 7) is 1.04. The van der Waals surface area contributed by atoms with Gasteiger partial charge < -0.3 is 4.74 Å². The van der Waals surface area contributed by atoms with Crippen LogP contribution < -0.4 is 15.0 Å². The van der Waals surface area contributed by atoms with E-state index in [1.54, 1.807) is 24.3 Å². The smallest absolute Gasteiger partial charge is 0.273 e. The molecule has 0 saturated carbocycles. The Morgan fingerprint density at radius 2 is 1.88 bits per heavy atom. The van der Waals surface area contributed by atoms with E-state index in [1.165, 1.54) is 19.1 Å². The third-order valence-corrected chi connectivity index (χ3v) is 4.69. The number of hydrogen-bond donors (Lipinski definition) is 2. The summed E-state index contributed by atoms with van der Waals surface area (Å²) in [5, 5.41) is 11.4. The van der Waals surface area contributed by atoms with Crippen LogP contribution in [0.2, 0.25) is 5.02 Å². The number of halogens is 1. The first-order valence-corrected chi connectivity index (χ1v) is 8.99. The molecule has 0 radical (unpaired) electrons. The minimum Gasteiger partial charge on any atom is -0.484 e. The lowest BCUT2D eigenvalue weighted by molar-refractivity contribution is -0.385. The largest absolute Gasteiger partial charge is 0.484 e. The maximum absolute atomic E-state index is 12.1. The molecule has 9 nitrogen and oxygen atoms in total. The fourth-order valence-corrected chi connectivity index (χ4v) is 2.86. The standard InChI is InChI=1S/C15H14ClN3O6S/c1-10-2-7-13(8-14(10)19(21)22)26(23,24)18-17-15(20)9-25-12-5-3-11(16)4-6-12/h2-8,18H,9H2,1H3,(H,17,20). The predicted octanol–water partition coefficient (Wildman–Crippen LogP) is 1.95. The van der Waals surface area contributed by atoms with E-state index in [4.69, 9.17) is 16.3 Å². The SMILES string of the molecule is Cc1ccc(S(=O)(=O)NNC(=O)COc2ccc(Cl)cc2)cc1[N+](=O)[O-]. The number of ether oxygens (including phenoxy) is 1. The van der Waals surface area contributed by atoms with Gasteiger partial charge in [-0.05, 0) is 37.3 Å². The summed E-state index contributed by atoms with van der Waals surface area (Å²) in [7, 11) is -4.18. The molecule has 0 fully saturated rings. The van der Waals surface area contributed by atoms with Crippen LogP contribution in [0.1, 0.15) is 5.56 Å². The molecular weight excluding hydrogens is 386 g/mol. The molecule has 0 spiro atoms. The van der Waals surface area contributed by atoms with Gasteiger partial charge in [-0.3, -0.25) is 20.3 Å². The Labute approximate surface area is 154 Å². The third-order valence-electron chi connectivity index (χ3n) is 3.20. The number of sulfonamides is 1. The number of hydrazine groups is 1. The van der Waals surface area contributed by atoms with E-state index < -0.39 is 27.5 Å². The van der Waals surface area contributed by atoms with Gasteiger partial charge in [-0.25, -0.2) is 8.42 Å². The lowest BCUT2D eigenvalue weighted by Crippen LogP contribution is -2.43. The second kappa shape index (κ2) is 8.13. The van der Waals surface area contributed by atoms with Crippen LogP contribution in [0.5, 0.6) is 5.75 Å².